The molecule has 1 saturated carbocycles. The van der Waals surface area contributed by atoms with Crippen LogP contribution in [0.15, 0.2) is 24.5 Å². The quantitative estimate of drug-likeness (QED) is 0.842. The SMILES string of the molecule is CC(NC1CCC(C)(C)C1)c1ccncc1. The molecule has 2 nitrogen and oxygen atoms in total. The molecule has 0 aliphatic heterocycles. The van der Waals surface area contributed by atoms with Gasteiger partial charge in [0, 0.05) is 24.5 Å². The molecular formula is C14H22N2. The maximum absolute atomic E-state index is 4.05. The van der Waals surface area contributed by atoms with E-state index in [1.807, 2.05) is 12.4 Å². The van der Waals surface area contributed by atoms with Crippen LogP contribution in [-0.2, 0) is 0 Å². The van der Waals surface area contributed by atoms with Gasteiger partial charge in [0.15, 0.2) is 0 Å². The molecule has 0 bridgehead atoms. The first kappa shape index (κ1) is 11.6. The zero-order chi connectivity index (χ0) is 11.6. The molecule has 0 saturated heterocycles. The van der Waals surface area contributed by atoms with E-state index in [9.17, 15) is 0 Å². The van der Waals surface area contributed by atoms with E-state index in [0.717, 1.165) is 0 Å². The van der Waals surface area contributed by atoms with Crippen molar-refractivity contribution in [2.24, 2.45) is 5.41 Å². The van der Waals surface area contributed by atoms with Gasteiger partial charge >= 0.3 is 0 Å². The molecule has 1 aromatic heterocycles. The van der Waals surface area contributed by atoms with Crippen LogP contribution in [0.3, 0.4) is 0 Å². The number of rotatable bonds is 3. The summed E-state index contributed by atoms with van der Waals surface area (Å²) in [6.07, 6.45) is 7.68. The molecule has 1 fully saturated rings. The summed E-state index contributed by atoms with van der Waals surface area (Å²) in [6.45, 7) is 6.97. The van der Waals surface area contributed by atoms with E-state index < -0.39 is 0 Å². The lowest BCUT2D eigenvalue weighted by Crippen LogP contribution is -2.30. The minimum atomic E-state index is 0.432. The summed E-state index contributed by atoms with van der Waals surface area (Å²) in [4.78, 5) is 4.05. The lowest BCUT2D eigenvalue weighted by Gasteiger charge is -2.21. The van der Waals surface area contributed by atoms with Crippen molar-refractivity contribution in [3.63, 3.8) is 0 Å². The van der Waals surface area contributed by atoms with E-state index in [1.54, 1.807) is 0 Å². The number of hydrogen-bond acceptors (Lipinski definition) is 2. The molecule has 2 atom stereocenters. The largest absolute Gasteiger partial charge is 0.307 e. The van der Waals surface area contributed by atoms with Crippen molar-refractivity contribution < 1.29 is 0 Å². The molecule has 2 heteroatoms. The lowest BCUT2D eigenvalue weighted by atomic mass is 9.91. The number of pyridine rings is 1. The van der Waals surface area contributed by atoms with Gasteiger partial charge in [0.1, 0.15) is 0 Å². The minimum absolute atomic E-state index is 0.432. The van der Waals surface area contributed by atoms with Gasteiger partial charge in [-0.25, -0.2) is 0 Å². The summed E-state index contributed by atoms with van der Waals surface area (Å²) >= 11 is 0. The Morgan fingerprint density at radius 3 is 2.62 bits per heavy atom. The predicted molar refractivity (Wildman–Crippen MR) is 67.2 cm³/mol. The van der Waals surface area contributed by atoms with Gasteiger partial charge in [-0.15, -0.1) is 0 Å². The van der Waals surface area contributed by atoms with Crippen LogP contribution in [0.1, 0.15) is 51.6 Å². The number of nitrogens with one attached hydrogen (secondary N) is 1. The van der Waals surface area contributed by atoms with E-state index in [-0.39, 0.29) is 0 Å². The topological polar surface area (TPSA) is 24.9 Å². The molecular weight excluding hydrogens is 196 g/mol. The van der Waals surface area contributed by atoms with Crippen molar-refractivity contribution in [1.82, 2.24) is 10.3 Å². The van der Waals surface area contributed by atoms with Gasteiger partial charge in [0.2, 0.25) is 0 Å². The molecule has 1 aliphatic carbocycles. The van der Waals surface area contributed by atoms with Crippen LogP contribution in [0.4, 0.5) is 0 Å². The van der Waals surface area contributed by atoms with E-state index >= 15 is 0 Å². The van der Waals surface area contributed by atoms with Gasteiger partial charge in [-0.1, -0.05) is 13.8 Å². The molecule has 0 aromatic carbocycles. The third-order valence-corrected chi connectivity index (χ3v) is 3.66. The van der Waals surface area contributed by atoms with Crippen molar-refractivity contribution >= 4 is 0 Å². The first-order chi connectivity index (χ1) is 7.57. The maximum Gasteiger partial charge on any atom is 0.0295 e. The van der Waals surface area contributed by atoms with Crippen molar-refractivity contribution in [3.05, 3.63) is 30.1 Å². The van der Waals surface area contributed by atoms with E-state index in [2.05, 4.69) is 43.2 Å². The summed E-state index contributed by atoms with van der Waals surface area (Å²) in [5, 5.41) is 3.72. The van der Waals surface area contributed by atoms with Gasteiger partial charge < -0.3 is 5.32 Å². The van der Waals surface area contributed by atoms with E-state index in [0.29, 0.717) is 17.5 Å². The first-order valence-electron chi connectivity index (χ1n) is 6.23. The molecule has 0 amide bonds. The normalized spacial score (nSPS) is 25.6. The molecule has 2 unspecified atom stereocenters. The van der Waals surface area contributed by atoms with E-state index in [4.69, 9.17) is 0 Å². The Kier molecular flexibility index (Phi) is 3.29. The zero-order valence-corrected chi connectivity index (χ0v) is 10.5. The molecule has 1 N–H and O–H groups in total. The molecule has 1 heterocycles. The summed E-state index contributed by atoms with van der Waals surface area (Å²) in [6, 6.07) is 5.30. The average molecular weight is 218 g/mol. The Hall–Kier alpha value is -0.890. The van der Waals surface area contributed by atoms with Crippen molar-refractivity contribution in [2.75, 3.05) is 0 Å². The van der Waals surface area contributed by atoms with Gasteiger partial charge in [-0.2, -0.15) is 0 Å². The molecule has 0 radical (unpaired) electrons. The van der Waals surface area contributed by atoms with Crippen LogP contribution < -0.4 is 5.32 Å². The standard InChI is InChI=1S/C14H22N2/c1-11(12-5-8-15-9-6-12)16-13-4-7-14(2,3)10-13/h5-6,8-9,11,13,16H,4,7,10H2,1-3H3. The second-order valence-electron chi connectivity index (χ2n) is 5.77. The zero-order valence-electron chi connectivity index (χ0n) is 10.5. The molecule has 1 aliphatic rings. The fourth-order valence-corrected chi connectivity index (χ4v) is 2.68. The maximum atomic E-state index is 4.05. The Balaban J connectivity index is 1.91. The van der Waals surface area contributed by atoms with Crippen molar-refractivity contribution in [1.29, 1.82) is 0 Å². The Morgan fingerprint density at radius 1 is 1.38 bits per heavy atom. The van der Waals surface area contributed by atoms with Crippen molar-refractivity contribution in [2.45, 2.75) is 52.1 Å². The Bertz CT molecular complexity index is 332. The van der Waals surface area contributed by atoms with Gasteiger partial charge in [-0.3, -0.25) is 4.98 Å². The van der Waals surface area contributed by atoms with E-state index in [1.165, 1.54) is 24.8 Å². The van der Waals surface area contributed by atoms with Crippen LogP contribution >= 0.6 is 0 Å². The minimum Gasteiger partial charge on any atom is -0.307 e. The number of nitrogens with zero attached hydrogens (tertiary/aromatic N) is 1. The van der Waals surface area contributed by atoms with Crippen molar-refractivity contribution in [3.8, 4) is 0 Å². The van der Waals surface area contributed by atoms with Crippen LogP contribution in [-0.4, -0.2) is 11.0 Å². The monoisotopic (exact) mass is 218 g/mol. The van der Waals surface area contributed by atoms with Gasteiger partial charge in [0.05, 0.1) is 0 Å². The summed E-state index contributed by atoms with van der Waals surface area (Å²) in [5.74, 6) is 0. The van der Waals surface area contributed by atoms with Crippen LogP contribution in [0.5, 0.6) is 0 Å². The highest BCUT2D eigenvalue weighted by Gasteiger charge is 2.31. The number of aromatic nitrogens is 1. The lowest BCUT2D eigenvalue weighted by molar-refractivity contribution is 0.356. The smallest absolute Gasteiger partial charge is 0.0295 e. The second-order valence-corrected chi connectivity index (χ2v) is 5.77. The molecule has 1 aromatic rings. The molecule has 88 valence electrons. The van der Waals surface area contributed by atoms with Gasteiger partial charge in [-0.05, 0) is 49.3 Å². The fraction of sp³-hybridized carbons (Fsp3) is 0.643. The Morgan fingerprint density at radius 2 is 2.06 bits per heavy atom. The molecule has 0 spiro atoms. The first-order valence-corrected chi connectivity index (χ1v) is 6.23. The number of hydrogen-bond donors (Lipinski definition) is 1. The highest BCUT2D eigenvalue weighted by atomic mass is 15.0. The third kappa shape index (κ3) is 2.82. The fourth-order valence-electron chi connectivity index (χ4n) is 2.68. The summed E-state index contributed by atoms with van der Waals surface area (Å²) < 4.78 is 0. The molecule has 2 rings (SSSR count). The van der Waals surface area contributed by atoms with Crippen LogP contribution in [0.2, 0.25) is 0 Å². The third-order valence-electron chi connectivity index (χ3n) is 3.66. The second kappa shape index (κ2) is 4.54. The van der Waals surface area contributed by atoms with Crippen LogP contribution in [0.25, 0.3) is 0 Å². The average Bonchev–Trinajstić information content (AvgIpc) is 2.59. The highest BCUT2D eigenvalue weighted by molar-refractivity contribution is 5.14. The summed E-state index contributed by atoms with van der Waals surface area (Å²) in [5.41, 5.74) is 1.86. The van der Waals surface area contributed by atoms with Crippen LogP contribution in [0, 0.1) is 5.41 Å². The highest BCUT2D eigenvalue weighted by Crippen LogP contribution is 2.37. The summed E-state index contributed by atoms with van der Waals surface area (Å²) in [7, 11) is 0. The predicted octanol–water partition coefficient (Wildman–Crippen LogP) is 3.31. The Labute approximate surface area is 98.5 Å². The van der Waals surface area contributed by atoms with Gasteiger partial charge in [0.25, 0.3) is 0 Å². The molecule has 16 heavy (non-hydrogen) atoms.